The van der Waals surface area contributed by atoms with Gasteiger partial charge in [-0.1, -0.05) is 48.0 Å². The van der Waals surface area contributed by atoms with E-state index in [0.29, 0.717) is 5.92 Å². The first-order valence-corrected chi connectivity index (χ1v) is 8.02. The van der Waals surface area contributed by atoms with E-state index in [4.69, 9.17) is 23.2 Å². The molecule has 0 heterocycles. The lowest BCUT2D eigenvalue weighted by atomic mass is 9.73. The maximum absolute atomic E-state index is 12.2. The molecule has 1 unspecified atom stereocenters. The highest BCUT2D eigenvalue weighted by atomic mass is 35.5. The van der Waals surface area contributed by atoms with Crippen LogP contribution in [0, 0.1) is 0 Å². The second-order valence-electron chi connectivity index (χ2n) is 5.54. The molecule has 0 bridgehead atoms. The van der Waals surface area contributed by atoms with Crippen molar-refractivity contribution in [3.63, 3.8) is 0 Å². The predicted octanol–water partition coefficient (Wildman–Crippen LogP) is 4.96. The number of Topliss-reactive ketones (excluding diaryl/α,β-unsaturated/α-hetero) is 1. The summed E-state index contributed by atoms with van der Waals surface area (Å²) in [7, 11) is 0. The molecule has 1 aliphatic rings. The Kier molecular flexibility index (Phi) is 4.32. The molecule has 0 radical (unpaired) electrons. The smallest absolute Gasteiger partial charge is 0.155 e. The first-order chi connectivity index (χ1) is 10.2. The normalized spacial score (nSPS) is 20.9. The zero-order valence-corrected chi connectivity index (χ0v) is 13.1. The van der Waals surface area contributed by atoms with Crippen molar-refractivity contribution in [3.05, 3.63) is 70.2 Å². The minimum absolute atomic E-state index is 0.0757. The second-order valence-corrected chi connectivity index (χ2v) is 6.24. The van der Waals surface area contributed by atoms with E-state index in [1.54, 1.807) is 0 Å². The van der Waals surface area contributed by atoms with Gasteiger partial charge in [0.2, 0.25) is 0 Å². The lowest BCUT2D eigenvalue weighted by Gasteiger charge is -2.31. The van der Waals surface area contributed by atoms with Crippen LogP contribution < -0.4 is 0 Å². The molecule has 0 N–H and O–H groups in total. The highest BCUT2D eigenvalue weighted by Gasteiger charge is 2.31. The van der Waals surface area contributed by atoms with Gasteiger partial charge >= 0.3 is 0 Å². The van der Waals surface area contributed by atoms with Crippen LogP contribution in [0.1, 0.15) is 34.9 Å². The lowest BCUT2D eigenvalue weighted by Crippen LogP contribution is -2.24. The molecule has 0 saturated carbocycles. The average molecular weight is 319 g/mol. The van der Waals surface area contributed by atoms with Gasteiger partial charge in [-0.3, -0.25) is 4.79 Å². The van der Waals surface area contributed by atoms with Crippen molar-refractivity contribution in [3.8, 4) is 0 Å². The molecule has 0 fully saturated rings. The third kappa shape index (κ3) is 3.00. The molecular weight excluding hydrogens is 303 g/mol. The molecule has 2 aromatic carbocycles. The minimum Gasteiger partial charge on any atom is -0.298 e. The Balaban J connectivity index is 1.96. The van der Waals surface area contributed by atoms with Crippen molar-refractivity contribution in [2.45, 2.75) is 24.7 Å². The summed E-state index contributed by atoms with van der Waals surface area (Å²) < 4.78 is 0. The van der Waals surface area contributed by atoms with Gasteiger partial charge in [-0.25, -0.2) is 0 Å². The molecule has 0 aromatic heterocycles. The van der Waals surface area contributed by atoms with Gasteiger partial charge < -0.3 is 0 Å². The Morgan fingerprint density at radius 2 is 1.81 bits per heavy atom. The summed E-state index contributed by atoms with van der Waals surface area (Å²) in [5.74, 6) is 0.442. The molecule has 2 atom stereocenters. The first-order valence-electron chi connectivity index (χ1n) is 7.11. The molecule has 0 spiro atoms. The zero-order chi connectivity index (χ0) is 14.8. The van der Waals surface area contributed by atoms with Crippen LogP contribution in [0.2, 0.25) is 5.02 Å². The van der Waals surface area contributed by atoms with E-state index in [0.717, 1.165) is 23.4 Å². The largest absolute Gasteiger partial charge is 0.298 e. The SMILES string of the molecule is O=C(CCl)[C@@H]1CC(c2ccc(Cl)cc2)Cc2ccccc21. The summed E-state index contributed by atoms with van der Waals surface area (Å²) in [4.78, 5) is 12.2. The number of carbonyl (C=O) groups is 1. The summed E-state index contributed by atoms with van der Waals surface area (Å²) in [6.45, 7) is 0. The van der Waals surface area contributed by atoms with Crippen LogP contribution in [-0.2, 0) is 11.2 Å². The fraction of sp³-hybridized carbons (Fsp3) is 0.278. The van der Waals surface area contributed by atoms with Gasteiger partial charge in [0.15, 0.2) is 5.78 Å². The van der Waals surface area contributed by atoms with Crippen molar-refractivity contribution >= 4 is 29.0 Å². The fourth-order valence-corrected chi connectivity index (χ4v) is 3.52. The Labute approximate surface area is 134 Å². The van der Waals surface area contributed by atoms with Gasteiger partial charge in [-0.15, -0.1) is 11.6 Å². The lowest BCUT2D eigenvalue weighted by molar-refractivity contribution is -0.118. The van der Waals surface area contributed by atoms with E-state index in [2.05, 4.69) is 24.3 Å². The molecule has 1 nitrogen and oxygen atoms in total. The Bertz CT molecular complexity index is 649. The van der Waals surface area contributed by atoms with E-state index in [1.807, 2.05) is 24.3 Å². The van der Waals surface area contributed by atoms with Crippen LogP contribution in [0.25, 0.3) is 0 Å². The monoisotopic (exact) mass is 318 g/mol. The number of carbonyl (C=O) groups excluding carboxylic acids is 1. The number of ketones is 1. The standard InChI is InChI=1S/C18H16Cl2O/c19-11-18(21)17-10-14(12-5-7-15(20)8-6-12)9-13-3-1-2-4-16(13)17/h1-8,14,17H,9-11H2/t14?,17-/m1/s1. The molecule has 108 valence electrons. The van der Waals surface area contributed by atoms with Gasteiger partial charge in [0.05, 0.1) is 5.88 Å². The molecule has 2 aromatic rings. The molecule has 1 aliphatic carbocycles. The highest BCUT2D eigenvalue weighted by Crippen LogP contribution is 2.40. The second kappa shape index (κ2) is 6.21. The predicted molar refractivity (Wildman–Crippen MR) is 87.4 cm³/mol. The van der Waals surface area contributed by atoms with Gasteiger partial charge in [0, 0.05) is 10.9 Å². The third-order valence-electron chi connectivity index (χ3n) is 4.28. The van der Waals surface area contributed by atoms with Crippen LogP contribution in [-0.4, -0.2) is 11.7 Å². The van der Waals surface area contributed by atoms with Crippen LogP contribution in [0.4, 0.5) is 0 Å². The van der Waals surface area contributed by atoms with Gasteiger partial charge in [-0.05, 0) is 47.6 Å². The molecular formula is C18H16Cl2O. The van der Waals surface area contributed by atoms with Crippen molar-refractivity contribution in [1.29, 1.82) is 0 Å². The Hall–Kier alpha value is -1.31. The molecule has 3 rings (SSSR count). The molecule has 0 amide bonds. The van der Waals surface area contributed by atoms with Gasteiger partial charge in [0.25, 0.3) is 0 Å². The van der Waals surface area contributed by atoms with E-state index >= 15 is 0 Å². The maximum Gasteiger partial charge on any atom is 0.155 e. The molecule has 21 heavy (non-hydrogen) atoms. The van der Waals surface area contributed by atoms with Gasteiger partial charge in [-0.2, -0.15) is 0 Å². The number of hydrogen-bond donors (Lipinski definition) is 0. The number of benzene rings is 2. The average Bonchev–Trinajstić information content (AvgIpc) is 2.53. The van der Waals surface area contributed by atoms with E-state index in [9.17, 15) is 4.79 Å². The number of hydrogen-bond acceptors (Lipinski definition) is 1. The van der Waals surface area contributed by atoms with Crippen LogP contribution in [0.3, 0.4) is 0 Å². The van der Waals surface area contributed by atoms with Gasteiger partial charge in [0.1, 0.15) is 0 Å². The number of rotatable bonds is 3. The summed E-state index contributed by atoms with van der Waals surface area (Å²) >= 11 is 11.8. The van der Waals surface area contributed by atoms with Crippen molar-refractivity contribution in [2.24, 2.45) is 0 Å². The molecule has 0 aliphatic heterocycles. The summed E-state index contributed by atoms with van der Waals surface area (Å²) in [6.07, 6.45) is 1.79. The maximum atomic E-state index is 12.2. The van der Waals surface area contributed by atoms with Crippen molar-refractivity contribution in [1.82, 2.24) is 0 Å². The van der Waals surface area contributed by atoms with E-state index in [1.165, 1.54) is 11.1 Å². The quantitative estimate of drug-likeness (QED) is 0.731. The highest BCUT2D eigenvalue weighted by molar-refractivity contribution is 6.30. The molecule has 0 saturated heterocycles. The summed E-state index contributed by atoms with van der Waals surface area (Å²) in [5, 5.41) is 0.739. The Morgan fingerprint density at radius 3 is 2.52 bits per heavy atom. The first kappa shape index (κ1) is 14.6. The number of halogens is 2. The summed E-state index contributed by atoms with van der Waals surface area (Å²) in [6, 6.07) is 16.1. The van der Waals surface area contributed by atoms with Crippen LogP contribution in [0.5, 0.6) is 0 Å². The number of alkyl halides is 1. The van der Waals surface area contributed by atoms with E-state index in [-0.39, 0.29) is 17.6 Å². The topological polar surface area (TPSA) is 17.1 Å². The van der Waals surface area contributed by atoms with Crippen LogP contribution >= 0.6 is 23.2 Å². The van der Waals surface area contributed by atoms with E-state index < -0.39 is 0 Å². The minimum atomic E-state index is -0.0897. The van der Waals surface area contributed by atoms with Crippen molar-refractivity contribution in [2.75, 3.05) is 5.88 Å². The third-order valence-corrected chi connectivity index (χ3v) is 4.79. The fourth-order valence-electron chi connectivity index (χ4n) is 3.21. The number of fused-ring (bicyclic) bond motifs is 1. The van der Waals surface area contributed by atoms with Crippen LogP contribution in [0.15, 0.2) is 48.5 Å². The summed E-state index contributed by atoms with van der Waals surface area (Å²) in [5.41, 5.74) is 3.64. The van der Waals surface area contributed by atoms with Crippen molar-refractivity contribution < 1.29 is 4.79 Å². The zero-order valence-electron chi connectivity index (χ0n) is 11.6. The Morgan fingerprint density at radius 1 is 1.10 bits per heavy atom. The molecule has 3 heteroatoms.